The molecule has 0 atom stereocenters. The van der Waals surface area contributed by atoms with E-state index in [2.05, 4.69) is 18.8 Å². The molecule has 0 aromatic rings. The van der Waals surface area contributed by atoms with Gasteiger partial charge < -0.3 is 0 Å². The van der Waals surface area contributed by atoms with Crippen LogP contribution in [-0.2, 0) is 0 Å². The first-order valence-corrected chi connectivity index (χ1v) is 7.27. The van der Waals surface area contributed by atoms with E-state index < -0.39 is 0 Å². The zero-order chi connectivity index (χ0) is 11.5. The molecule has 1 radical (unpaired) electrons. The zero-order valence-electron chi connectivity index (χ0n) is 11.0. The van der Waals surface area contributed by atoms with Gasteiger partial charge in [0.2, 0.25) is 0 Å². The van der Waals surface area contributed by atoms with Crippen molar-refractivity contribution in [3.8, 4) is 11.8 Å². The molecule has 0 aliphatic heterocycles. The summed E-state index contributed by atoms with van der Waals surface area (Å²) in [6, 6.07) is 0. The van der Waals surface area contributed by atoms with E-state index >= 15 is 0 Å². The van der Waals surface area contributed by atoms with Gasteiger partial charge in [0.15, 0.2) is 0 Å². The fraction of sp³-hybridized carbons (Fsp3) is 0.812. The van der Waals surface area contributed by atoms with Crippen molar-refractivity contribution in [3.63, 3.8) is 0 Å². The Labute approximate surface area is 102 Å². The standard InChI is InChI=1S/C16H27/c1-2-13-16-14-11-9-7-5-3-4-6-8-10-12-15-16/h2-11,13-14H2,1H3. The molecule has 0 aromatic carbocycles. The van der Waals surface area contributed by atoms with Crippen LogP contribution in [0.4, 0.5) is 0 Å². The molecule has 1 aliphatic rings. The Morgan fingerprint density at radius 3 is 2.19 bits per heavy atom. The second-order valence-electron chi connectivity index (χ2n) is 4.98. The topological polar surface area (TPSA) is 0 Å². The molecule has 0 saturated carbocycles. The fourth-order valence-electron chi connectivity index (χ4n) is 2.35. The van der Waals surface area contributed by atoms with Gasteiger partial charge in [0.05, 0.1) is 0 Å². The third-order valence-corrected chi connectivity index (χ3v) is 3.35. The molecule has 0 amide bonds. The monoisotopic (exact) mass is 219 g/mol. The van der Waals surface area contributed by atoms with Gasteiger partial charge in [-0.25, -0.2) is 0 Å². The van der Waals surface area contributed by atoms with Crippen molar-refractivity contribution in [2.24, 2.45) is 0 Å². The van der Waals surface area contributed by atoms with Crippen molar-refractivity contribution in [1.82, 2.24) is 0 Å². The molecule has 0 nitrogen and oxygen atoms in total. The van der Waals surface area contributed by atoms with Crippen LogP contribution < -0.4 is 0 Å². The first-order valence-electron chi connectivity index (χ1n) is 7.27. The van der Waals surface area contributed by atoms with Crippen molar-refractivity contribution in [3.05, 3.63) is 5.92 Å². The molecular formula is C16H27. The Kier molecular flexibility index (Phi) is 8.31. The molecule has 91 valence electrons. The highest BCUT2D eigenvalue weighted by molar-refractivity contribution is 5.21. The van der Waals surface area contributed by atoms with Crippen molar-refractivity contribution in [2.45, 2.75) is 84.0 Å². The van der Waals surface area contributed by atoms with Crippen LogP contribution in [0.5, 0.6) is 0 Å². The maximum atomic E-state index is 3.43. The minimum absolute atomic E-state index is 1.12. The van der Waals surface area contributed by atoms with Crippen LogP contribution in [0.2, 0.25) is 0 Å². The molecule has 1 rings (SSSR count). The van der Waals surface area contributed by atoms with Crippen LogP contribution in [0.3, 0.4) is 0 Å². The molecule has 0 unspecified atom stereocenters. The normalized spacial score (nSPS) is 21.1. The van der Waals surface area contributed by atoms with Crippen LogP contribution >= 0.6 is 0 Å². The third-order valence-electron chi connectivity index (χ3n) is 3.35. The number of hydrogen-bond donors (Lipinski definition) is 0. The summed E-state index contributed by atoms with van der Waals surface area (Å²) in [5.41, 5.74) is 0. The minimum Gasteiger partial charge on any atom is -0.103 e. The summed E-state index contributed by atoms with van der Waals surface area (Å²) >= 11 is 0. The summed E-state index contributed by atoms with van der Waals surface area (Å²) in [5.74, 6) is 8.31. The van der Waals surface area contributed by atoms with Gasteiger partial charge in [0.1, 0.15) is 0 Å². The lowest BCUT2D eigenvalue weighted by molar-refractivity contribution is 0.564. The van der Waals surface area contributed by atoms with Crippen molar-refractivity contribution < 1.29 is 0 Å². The van der Waals surface area contributed by atoms with E-state index in [1.165, 1.54) is 76.5 Å². The van der Waals surface area contributed by atoms with Crippen LogP contribution in [-0.4, -0.2) is 0 Å². The number of hydrogen-bond acceptors (Lipinski definition) is 0. The summed E-state index contributed by atoms with van der Waals surface area (Å²) in [5, 5.41) is 0. The molecule has 0 heteroatoms. The van der Waals surface area contributed by atoms with Gasteiger partial charge in [-0.2, -0.15) is 0 Å². The van der Waals surface area contributed by atoms with E-state index in [0.717, 1.165) is 6.42 Å². The molecule has 0 spiro atoms. The number of rotatable bonds is 2. The van der Waals surface area contributed by atoms with Gasteiger partial charge >= 0.3 is 0 Å². The fourth-order valence-corrected chi connectivity index (χ4v) is 2.35. The van der Waals surface area contributed by atoms with E-state index in [4.69, 9.17) is 0 Å². The second kappa shape index (κ2) is 9.76. The van der Waals surface area contributed by atoms with Gasteiger partial charge in [0.25, 0.3) is 0 Å². The zero-order valence-corrected chi connectivity index (χ0v) is 11.0. The Balaban J connectivity index is 2.33. The Bertz CT molecular complexity index is 206. The molecule has 16 heavy (non-hydrogen) atoms. The molecule has 1 aliphatic carbocycles. The second-order valence-corrected chi connectivity index (χ2v) is 4.98. The van der Waals surface area contributed by atoms with E-state index in [9.17, 15) is 0 Å². The molecular weight excluding hydrogens is 192 g/mol. The van der Waals surface area contributed by atoms with Gasteiger partial charge in [-0.3, -0.25) is 0 Å². The van der Waals surface area contributed by atoms with Crippen LogP contribution in [0.25, 0.3) is 0 Å². The molecule has 0 fully saturated rings. The Morgan fingerprint density at radius 2 is 1.50 bits per heavy atom. The summed E-state index contributed by atoms with van der Waals surface area (Å²) in [6.07, 6.45) is 16.1. The van der Waals surface area contributed by atoms with Crippen molar-refractivity contribution in [2.75, 3.05) is 0 Å². The first-order chi connectivity index (χ1) is 7.93. The van der Waals surface area contributed by atoms with Crippen LogP contribution in [0.15, 0.2) is 0 Å². The minimum atomic E-state index is 1.12. The quantitative estimate of drug-likeness (QED) is 0.554. The highest BCUT2D eigenvalue weighted by atomic mass is 14.1. The molecule has 0 saturated heterocycles. The SMILES string of the molecule is CCC[C]1C#CCCCCCCCCCC1. The lowest BCUT2D eigenvalue weighted by Gasteiger charge is -2.07. The Hall–Kier alpha value is -0.440. The maximum absolute atomic E-state index is 3.43. The summed E-state index contributed by atoms with van der Waals surface area (Å²) in [7, 11) is 0. The first kappa shape index (κ1) is 13.6. The smallest absolute Gasteiger partial charge is 0.0479 e. The highest BCUT2D eigenvalue weighted by Crippen LogP contribution is 2.19. The largest absolute Gasteiger partial charge is 0.103 e. The van der Waals surface area contributed by atoms with Gasteiger partial charge in [0, 0.05) is 12.3 Å². The average molecular weight is 219 g/mol. The van der Waals surface area contributed by atoms with E-state index in [1.807, 2.05) is 0 Å². The lowest BCUT2D eigenvalue weighted by Crippen LogP contribution is -1.94. The van der Waals surface area contributed by atoms with E-state index in [-0.39, 0.29) is 0 Å². The highest BCUT2D eigenvalue weighted by Gasteiger charge is 2.04. The predicted octanol–water partition coefficient (Wildman–Crippen LogP) is 5.28. The summed E-state index contributed by atoms with van der Waals surface area (Å²) < 4.78 is 0. The molecule has 0 bridgehead atoms. The maximum Gasteiger partial charge on any atom is 0.0479 e. The van der Waals surface area contributed by atoms with Crippen LogP contribution in [0.1, 0.15) is 84.0 Å². The van der Waals surface area contributed by atoms with Crippen molar-refractivity contribution in [1.29, 1.82) is 0 Å². The van der Waals surface area contributed by atoms with Crippen molar-refractivity contribution >= 4 is 0 Å². The van der Waals surface area contributed by atoms with E-state index in [1.54, 1.807) is 0 Å². The predicted molar refractivity (Wildman–Crippen MR) is 72.1 cm³/mol. The Morgan fingerprint density at radius 1 is 0.875 bits per heavy atom. The summed E-state index contributed by atoms with van der Waals surface area (Å²) in [4.78, 5) is 0. The molecule has 0 aromatic heterocycles. The molecule has 0 heterocycles. The van der Waals surface area contributed by atoms with Gasteiger partial charge in [-0.05, 0) is 19.3 Å². The van der Waals surface area contributed by atoms with E-state index in [0.29, 0.717) is 0 Å². The van der Waals surface area contributed by atoms with Gasteiger partial charge in [-0.15, -0.1) is 5.92 Å². The third kappa shape index (κ3) is 6.94. The average Bonchev–Trinajstić information content (AvgIpc) is 2.31. The summed E-state index contributed by atoms with van der Waals surface area (Å²) in [6.45, 7) is 2.26. The van der Waals surface area contributed by atoms with Gasteiger partial charge in [-0.1, -0.05) is 64.2 Å². The van der Waals surface area contributed by atoms with Crippen LogP contribution in [0, 0.1) is 17.8 Å². The molecule has 0 N–H and O–H groups in total. The lowest BCUT2D eigenvalue weighted by atomic mass is 9.96.